The summed E-state index contributed by atoms with van der Waals surface area (Å²) < 4.78 is 9.32. The highest BCUT2D eigenvalue weighted by molar-refractivity contribution is 8.00. The van der Waals surface area contributed by atoms with Gasteiger partial charge in [-0.05, 0) is 42.3 Å². The van der Waals surface area contributed by atoms with Crippen LogP contribution in [0.4, 0.5) is 11.4 Å². The topological polar surface area (TPSA) is 39.2 Å². The molecule has 0 amide bonds. The molecule has 2 N–H and O–H groups in total. The van der Waals surface area contributed by atoms with Gasteiger partial charge in [-0.25, -0.2) is 4.58 Å². The number of piperazine rings is 1. The Balaban J connectivity index is 1.36. The zero-order chi connectivity index (χ0) is 25.8. The summed E-state index contributed by atoms with van der Waals surface area (Å²) in [6.07, 6.45) is 3.90. The van der Waals surface area contributed by atoms with Crippen molar-refractivity contribution in [3.05, 3.63) is 53.9 Å². The van der Waals surface area contributed by atoms with Crippen molar-refractivity contribution in [2.75, 3.05) is 73.7 Å². The Labute approximate surface area is 238 Å². The zero-order valence-electron chi connectivity index (χ0n) is 22.5. The lowest BCUT2D eigenvalue weighted by atomic mass is 9.93. The van der Waals surface area contributed by atoms with E-state index in [-0.39, 0.29) is 0 Å². The molecule has 7 heteroatoms. The second-order valence-corrected chi connectivity index (χ2v) is 13.5. The van der Waals surface area contributed by atoms with E-state index in [4.69, 9.17) is 4.42 Å². The lowest BCUT2D eigenvalue weighted by Gasteiger charge is -2.36. The van der Waals surface area contributed by atoms with Gasteiger partial charge in [0.2, 0.25) is 5.36 Å². The molecule has 2 aromatic carbocycles. The van der Waals surface area contributed by atoms with E-state index in [0.29, 0.717) is 0 Å². The van der Waals surface area contributed by atoms with E-state index in [1.54, 1.807) is 0 Å². The minimum atomic E-state index is 0.994. The monoisotopic (exact) mass is 556 g/mol. The molecule has 0 unspecified atom stereocenters. The van der Waals surface area contributed by atoms with E-state index in [1.165, 1.54) is 79.4 Å². The van der Waals surface area contributed by atoms with Gasteiger partial charge < -0.3 is 19.5 Å². The van der Waals surface area contributed by atoms with E-state index >= 15 is 0 Å². The summed E-state index contributed by atoms with van der Waals surface area (Å²) >= 11 is 4.05. The molecule has 2 fully saturated rings. The fourth-order valence-corrected chi connectivity index (χ4v) is 9.16. The smallest absolute Gasteiger partial charge is 0.203 e. The van der Waals surface area contributed by atoms with Gasteiger partial charge in [-0.2, -0.15) is 0 Å². The lowest BCUT2D eigenvalue weighted by molar-refractivity contribution is -0.655. The van der Waals surface area contributed by atoms with E-state index in [9.17, 15) is 0 Å². The van der Waals surface area contributed by atoms with Crippen LogP contribution in [0, 0.1) is 0 Å². The summed E-state index contributed by atoms with van der Waals surface area (Å²) in [6.45, 7) is 9.09. The number of hydrogen-bond donors (Lipinski definition) is 1. The predicted molar refractivity (Wildman–Crippen MR) is 165 cm³/mol. The number of thioether (sulfide) groups is 2. The van der Waals surface area contributed by atoms with Gasteiger partial charge in [0.1, 0.15) is 24.4 Å². The Hall–Kier alpha value is -2.61. The van der Waals surface area contributed by atoms with Crippen LogP contribution < -0.4 is 25.0 Å². The standard InChI is InChI=1S/C32H35N4OS2/c1-2-10-34(11-3-1)23-4-6-25-27(20-23)37-28-21-24(35-12-8-33-9-13-35)5-7-26(28)31(25)22-18-29-32-30(19-22)39-17-15-36(32)14-16-38-29/h4-7,18-21,33H,1-3,8-17H2/q+1/p+1. The van der Waals surface area contributed by atoms with E-state index < -0.39 is 0 Å². The second kappa shape index (κ2) is 10.1. The summed E-state index contributed by atoms with van der Waals surface area (Å²) in [4.78, 5) is 7.99. The third-order valence-corrected chi connectivity index (χ3v) is 10.9. The Morgan fingerprint density at radius 3 is 2.31 bits per heavy atom. The molecule has 0 saturated carbocycles. The van der Waals surface area contributed by atoms with Gasteiger partial charge in [0, 0.05) is 81.6 Å². The molecule has 5 nitrogen and oxygen atoms in total. The number of anilines is 2. The van der Waals surface area contributed by atoms with Gasteiger partial charge in [-0.1, -0.05) is 0 Å². The fraction of sp³-hybridized carbons (Fsp3) is 0.406. The molecule has 0 aromatic heterocycles. The minimum Gasteiger partial charge on any atom is -0.456 e. The molecule has 2 aromatic rings. The molecular formula is C32H36N4OS2+2. The molecule has 0 spiro atoms. The Morgan fingerprint density at radius 2 is 1.54 bits per heavy atom. The third-order valence-electron chi connectivity index (χ3n) is 8.86. The van der Waals surface area contributed by atoms with Crippen molar-refractivity contribution in [1.29, 1.82) is 0 Å². The van der Waals surface area contributed by atoms with Crippen molar-refractivity contribution in [3.63, 3.8) is 0 Å². The highest BCUT2D eigenvalue weighted by Crippen LogP contribution is 2.49. The molecule has 200 valence electrons. The average molecular weight is 557 g/mol. The van der Waals surface area contributed by atoms with Crippen molar-refractivity contribution in [2.45, 2.75) is 29.1 Å². The van der Waals surface area contributed by atoms with E-state index in [0.717, 1.165) is 63.7 Å². The molecule has 6 aliphatic rings. The van der Waals surface area contributed by atoms with Crippen LogP contribution in [-0.2, 0) is 0 Å². The van der Waals surface area contributed by atoms with Crippen LogP contribution in [0.5, 0.6) is 0 Å². The van der Waals surface area contributed by atoms with Gasteiger partial charge in [-0.15, -0.1) is 23.5 Å². The molecule has 2 saturated heterocycles. The van der Waals surface area contributed by atoms with Crippen LogP contribution in [0.15, 0.2) is 62.7 Å². The quantitative estimate of drug-likeness (QED) is 0.290. The van der Waals surface area contributed by atoms with Crippen LogP contribution >= 0.6 is 23.5 Å². The number of nitrogens with two attached hydrogens (primary N) is 1. The van der Waals surface area contributed by atoms with Crippen molar-refractivity contribution in [3.8, 4) is 22.5 Å². The average Bonchev–Trinajstić information content (AvgIpc) is 3.00. The van der Waals surface area contributed by atoms with E-state index in [2.05, 4.69) is 68.2 Å². The number of hydrogen-bond acceptors (Lipinski definition) is 5. The highest BCUT2D eigenvalue weighted by atomic mass is 32.2. The number of piperidine rings is 1. The van der Waals surface area contributed by atoms with Gasteiger partial charge in [0.25, 0.3) is 0 Å². The Bertz CT molecular complexity index is 1570. The molecule has 0 radical (unpaired) electrons. The molecule has 39 heavy (non-hydrogen) atoms. The van der Waals surface area contributed by atoms with Crippen molar-refractivity contribution in [2.24, 2.45) is 0 Å². The van der Waals surface area contributed by atoms with Crippen LogP contribution in [0.3, 0.4) is 0 Å². The largest absolute Gasteiger partial charge is 0.456 e. The van der Waals surface area contributed by atoms with Crippen LogP contribution in [0.1, 0.15) is 19.3 Å². The van der Waals surface area contributed by atoms with E-state index in [1.807, 2.05) is 23.5 Å². The molecular weight excluding hydrogens is 521 g/mol. The molecule has 1 aliphatic carbocycles. The van der Waals surface area contributed by atoms with Gasteiger partial charge in [0.15, 0.2) is 0 Å². The first kappa shape index (κ1) is 24.2. The van der Waals surface area contributed by atoms with Crippen LogP contribution in [-0.4, -0.2) is 63.9 Å². The second-order valence-electron chi connectivity index (χ2n) is 11.2. The molecule has 5 aliphatic heterocycles. The van der Waals surface area contributed by atoms with Crippen LogP contribution in [0.25, 0.3) is 33.4 Å². The van der Waals surface area contributed by atoms with Gasteiger partial charge in [0.05, 0.1) is 37.9 Å². The summed E-state index contributed by atoms with van der Waals surface area (Å²) in [5.41, 5.74) is 7.60. The maximum absolute atomic E-state index is 6.79. The number of nitrogens with zero attached hydrogens (tertiary/aromatic N) is 3. The van der Waals surface area contributed by atoms with Crippen molar-refractivity contribution >= 4 is 45.9 Å². The first-order valence-corrected chi connectivity index (χ1v) is 16.6. The zero-order valence-corrected chi connectivity index (χ0v) is 24.1. The fourth-order valence-electron chi connectivity index (χ4n) is 6.86. The number of quaternary nitrogens is 1. The number of fused-ring (bicyclic) bond motifs is 2. The molecule has 0 bridgehead atoms. The first-order valence-electron chi connectivity index (χ1n) is 14.7. The summed E-state index contributed by atoms with van der Waals surface area (Å²) in [7, 11) is 0. The van der Waals surface area contributed by atoms with Gasteiger partial charge in [-0.3, -0.25) is 0 Å². The number of rotatable bonds is 2. The summed E-state index contributed by atoms with van der Waals surface area (Å²) in [5, 5.41) is 4.92. The van der Waals surface area contributed by atoms with Gasteiger partial charge >= 0.3 is 0 Å². The SMILES string of the molecule is c1cc2c(-c3cc4c5c(c3)SCCN5CCS4)c3ccc(=[N+]4CCCCC4)cc-3oc2cc1N1CC[NH2+]CC1. The Morgan fingerprint density at radius 1 is 0.769 bits per heavy atom. The third kappa shape index (κ3) is 4.34. The summed E-state index contributed by atoms with van der Waals surface area (Å²) in [6, 6.07) is 18.8. The maximum atomic E-state index is 6.79. The summed E-state index contributed by atoms with van der Waals surface area (Å²) in [5.74, 6) is 3.34. The maximum Gasteiger partial charge on any atom is 0.203 e. The normalized spacial score (nSPS) is 19.5. The highest BCUT2D eigenvalue weighted by Gasteiger charge is 2.28. The number of benzene rings is 3. The Kier molecular flexibility index (Phi) is 6.27. The van der Waals surface area contributed by atoms with Crippen molar-refractivity contribution in [1.82, 2.24) is 4.58 Å². The lowest BCUT2D eigenvalue weighted by Crippen LogP contribution is -2.89. The van der Waals surface area contributed by atoms with Crippen LogP contribution in [0.2, 0.25) is 0 Å². The van der Waals surface area contributed by atoms with Crippen molar-refractivity contribution < 1.29 is 9.73 Å². The molecule has 8 rings (SSSR count). The first-order chi connectivity index (χ1) is 19.3. The molecule has 5 heterocycles. The predicted octanol–water partition coefficient (Wildman–Crippen LogP) is 4.56. The minimum absolute atomic E-state index is 0.994. The molecule has 0 atom stereocenters.